The van der Waals surface area contributed by atoms with Gasteiger partial charge in [-0.1, -0.05) is 12.1 Å². The van der Waals surface area contributed by atoms with Gasteiger partial charge in [0.1, 0.15) is 17.9 Å². The van der Waals surface area contributed by atoms with E-state index in [-0.39, 0.29) is 0 Å². The van der Waals surface area contributed by atoms with Gasteiger partial charge in [-0.2, -0.15) is 5.10 Å². The van der Waals surface area contributed by atoms with Crippen molar-refractivity contribution in [2.45, 2.75) is 13.0 Å². The van der Waals surface area contributed by atoms with Crippen molar-refractivity contribution in [1.82, 2.24) is 20.1 Å². The Balaban J connectivity index is 1.73. The zero-order valence-corrected chi connectivity index (χ0v) is 10.8. The lowest BCUT2D eigenvalue weighted by Gasteiger charge is -2.05. The first-order chi connectivity index (χ1) is 8.79. The lowest BCUT2D eigenvalue weighted by Crippen LogP contribution is -2.19. The Morgan fingerprint density at radius 3 is 2.67 bits per heavy atom. The quantitative estimate of drug-likeness (QED) is 0.777. The smallest absolute Gasteiger partial charge is 0.140 e. The van der Waals surface area contributed by atoms with E-state index in [1.807, 2.05) is 19.2 Å². The Morgan fingerprint density at radius 2 is 2.06 bits per heavy atom. The molecule has 5 heteroatoms. The molecular formula is C13H18N4O. The number of nitrogens with zero attached hydrogens (tertiary/aromatic N) is 3. The molecule has 1 N–H and O–H groups in total. The summed E-state index contributed by atoms with van der Waals surface area (Å²) in [4.78, 5) is 4.16. The lowest BCUT2D eigenvalue weighted by molar-refractivity contribution is 0.414. The largest absolute Gasteiger partial charge is 0.497 e. The van der Waals surface area contributed by atoms with E-state index < -0.39 is 0 Å². The molecule has 0 saturated heterocycles. The maximum Gasteiger partial charge on any atom is 0.140 e. The molecule has 1 aromatic heterocycles. The molecule has 96 valence electrons. The van der Waals surface area contributed by atoms with Crippen molar-refractivity contribution in [3.05, 3.63) is 42.0 Å². The third-order valence-corrected chi connectivity index (χ3v) is 2.84. The minimum absolute atomic E-state index is 0.743. The number of benzene rings is 1. The van der Waals surface area contributed by atoms with Crippen LogP contribution >= 0.6 is 0 Å². The fraction of sp³-hybridized carbons (Fsp3) is 0.385. The first kappa shape index (κ1) is 12.6. The molecular weight excluding hydrogens is 228 g/mol. The van der Waals surface area contributed by atoms with E-state index in [1.165, 1.54) is 5.56 Å². The number of nitrogens with one attached hydrogen (secondary N) is 1. The van der Waals surface area contributed by atoms with Crippen LogP contribution in [0.5, 0.6) is 5.75 Å². The van der Waals surface area contributed by atoms with E-state index in [4.69, 9.17) is 4.74 Å². The summed E-state index contributed by atoms with van der Waals surface area (Å²) in [7, 11) is 3.57. The van der Waals surface area contributed by atoms with Crippen molar-refractivity contribution >= 4 is 0 Å². The fourth-order valence-electron chi connectivity index (χ4n) is 1.71. The molecule has 0 aliphatic rings. The van der Waals surface area contributed by atoms with E-state index in [0.29, 0.717) is 0 Å². The normalized spacial score (nSPS) is 10.6. The topological polar surface area (TPSA) is 52.0 Å². The Hall–Kier alpha value is -1.88. The molecule has 0 spiro atoms. The van der Waals surface area contributed by atoms with Crippen LogP contribution in [0.2, 0.25) is 0 Å². The van der Waals surface area contributed by atoms with Crippen LogP contribution in [0.15, 0.2) is 30.6 Å². The summed E-state index contributed by atoms with van der Waals surface area (Å²) in [5, 5.41) is 7.38. The zero-order chi connectivity index (χ0) is 12.8. The first-order valence-electron chi connectivity index (χ1n) is 5.96. The zero-order valence-electron chi connectivity index (χ0n) is 10.8. The van der Waals surface area contributed by atoms with Gasteiger partial charge in [-0.3, -0.25) is 4.68 Å². The van der Waals surface area contributed by atoms with Gasteiger partial charge in [-0.05, 0) is 30.7 Å². The van der Waals surface area contributed by atoms with E-state index in [2.05, 4.69) is 27.5 Å². The van der Waals surface area contributed by atoms with Crippen LogP contribution in [0.25, 0.3) is 0 Å². The van der Waals surface area contributed by atoms with Gasteiger partial charge in [0.15, 0.2) is 0 Å². The van der Waals surface area contributed by atoms with Gasteiger partial charge in [-0.15, -0.1) is 0 Å². The Kier molecular flexibility index (Phi) is 4.30. The summed E-state index contributed by atoms with van der Waals surface area (Å²) in [5.74, 6) is 1.84. The number of methoxy groups -OCH3 is 1. The highest BCUT2D eigenvalue weighted by molar-refractivity contribution is 5.27. The Bertz CT molecular complexity index is 478. The van der Waals surface area contributed by atoms with Gasteiger partial charge in [-0.25, -0.2) is 4.98 Å². The van der Waals surface area contributed by atoms with Gasteiger partial charge in [0.2, 0.25) is 0 Å². The average Bonchev–Trinajstić information content (AvgIpc) is 2.81. The minimum Gasteiger partial charge on any atom is -0.497 e. The number of ether oxygens (including phenoxy) is 1. The van der Waals surface area contributed by atoms with Crippen molar-refractivity contribution in [3.63, 3.8) is 0 Å². The van der Waals surface area contributed by atoms with E-state index >= 15 is 0 Å². The van der Waals surface area contributed by atoms with Crippen molar-refractivity contribution < 1.29 is 4.74 Å². The monoisotopic (exact) mass is 246 g/mol. The molecule has 0 unspecified atom stereocenters. The molecule has 1 aromatic carbocycles. The second-order valence-corrected chi connectivity index (χ2v) is 4.07. The van der Waals surface area contributed by atoms with Gasteiger partial charge >= 0.3 is 0 Å². The summed E-state index contributed by atoms with van der Waals surface area (Å²) in [6.07, 6.45) is 2.56. The Labute approximate surface area is 107 Å². The molecule has 2 aromatic rings. The van der Waals surface area contributed by atoms with Crippen LogP contribution in [-0.4, -0.2) is 28.4 Å². The average molecular weight is 246 g/mol. The first-order valence-corrected chi connectivity index (χ1v) is 5.96. The molecule has 0 fully saturated rings. The van der Waals surface area contributed by atoms with Crippen molar-refractivity contribution in [2.75, 3.05) is 13.7 Å². The maximum absolute atomic E-state index is 5.12. The molecule has 5 nitrogen and oxygen atoms in total. The van der Waals surface area contributed by atoms with Gasteiger partial charge < -0.3 is 10.1 Å². The highest BCUT2D eigenvalue weighted by Crippen LogP contribution is 2.11. The molecule has 18 heavy (non-hydrogen) atoms. The second kappa shape index (κ2) is 6.16. The molecule has 0 aliphatic carbocycles. The van der Waals surface area contributed by atoms with Crippen LogP contribution in [0, 0.1) is 0 Å². The molecule has 0 atom stereocenters. The van der Waals surface area contributed by atoms with Crippen LogP contribution in [0.4, 0.5) is 0 Å². The van der Waals surface area contributed by atoms with Crippen molar-refractivity contribution in [1.29, 1.82) is 0 Å². The summed E-state index contributed by atoms with van der Waals surface area (Å²) in [6.45, 7) is 1.66. The number of rotatable bonds is 6. The van der Waals surface area contributed by atoms with Crippen LogP contribution in [0.1, 0.15) is 11.4 Å². The fourth-order valence-corrected chi connectivity index (χ4v) is 1.71. The van der Waals surface area contributed by atoms with Crippen LogP contribution < -0.4 is 10.1 Å². The lowest BCUT2D eigenvalue weighted by atomic mass is 10.1. The summed E-state index contributed by atoms with van der Waals surface area (Å²) in [5.41, 5.74) is 1.29. The maximum atomic E-state index is 5.12. The van der Waals surface area contributed by atoms with E-state index in [9.17, 15) is 0 Å². The minimum atomic E-state index is 0.743. The molecule has 0 radical (unpaired) electrons. The van der Waals surface area contributed by atoms with E-state index in [0.717, 1.165) is 31.1 Å². The SMILES string of the molecule is COc1ccc(CCNCc2ncnn2C)cc1. The second-order valence-electron chi connectivity index (χ2n) is 4.07. The van der Waals surface area contributed by atoms with Gasteiger partial charge in [0, 0.05) is 7.05 Å². The highest BCUT2D eigenvalue weighted by atomic mass is 16.5. The highest BCUT2D eigenvalue weighted by Gasteiger charge is 1.99. The van der Waals surface area contributed by atoms with Crippen molar-refractivity contribution in [3.8, 4) is 5.75 Å². The number of hydrogen-bond donors (Lipinski definition) is 1. The number of aromatic nitrogens is 3. The van der Waals surface area contributed by atoms with Crippen molar-refractivity contribution in [2.24, 2.45) is 7.05 Å². The molecule has 0 bridgehead atoms. The van der Waals surface area contributed by atoms with Crippen LogP contribution in [-0.2, 0) is 20.0 Å². The predicted molar refractivity (Wildman–Crippen MR) is 69.4 cm³/mol. The van der Waals surface area contributed by atoms with Gasteiger partial charge in [0.25, 0.3) is 0 Å². The summed E-state index contributed by atoms with van der Waals surface area (Å²) < 4.78 is 6.90. The van der Waals surface area contributed by atoms with Gasteiger partial charge in [0.05, 0.1) is 13.7 Å². The molecule has 2 rings (SSSR count). The number of hydrogen-bond acceptors (Lipinski definition) is 4. The molecule has 1 heterocycles. The summed E-state index contributed by atoms with van der Waals surface area (Å²) >= 11 is 0. The standard InChI is InChI=1S/C13H18N4O/c1-17-13(15-10-16-17)9-14-8-7-11-3-5-12(18-2)6-4-11/h3-6,10,14H,7-9H2,1-2H3. The molecule has 0 aliphatic heterocycles. The number of aryl methyl sites for hydroxylation is 1. The van der Waals surface area contributed by atoms with E-state index in [1.54, 1.807) is 18.1 Å². The molecule has 0 amide bonds. The predicted octanol–water partition coefficient (Wildman–Crippen LogP) is 1.16. The molecule has 0 saturated carbocycles. The Morgan fingerprint density at radius 1 is 1.28 bits per heavy atom. The third kappa shape index (κ3) is 3.30. The third-order valence-electron chi connectivity index (χ3n) is 2.84. The van der Waals surface area contributed by atoms with Crippen LogP contribution in [0.3, 0.4) is 0 Å². The summed E-state index contributed by atoms with van der Waals surface area (Å²) in [6, 6.07) is 8.14.